The molecule has 9 heteroatoms. The van der Waals surface area contributed by atoms with Crippen LogP contribution in [0, 0.1) is 5.92 Å². The summed E-state index contributed by atoms with van der Waals surface area (Å²) in [6.45, 7) is 10.8. The zero-order valence-electron chi connectivity index (χ0n) is 21.3. The SMILES string of the molecule is CCCCN(C(=O)C(NC(=O)OC(C)(C)C)C(C)C)C(C(=O)NCC(=O)OC)c1ccccc1. The van der Waals surface area contributed by atoms with Gasteiger partial charge in [-0.2, -0.15) is 0 Å². The first-order valence-electron chi connectivity index (χ1n) is 11.6. The summed E-state index contributed by atoms with van der Waals surface area (Å²) >= 11 is 0. The van der Waals surface area contributed by atoms with Crippen LogP contribution in [0.15, 0.2) is 30.3 Å². The van der Waals surface area contributed by atoms with E-state index < -0.39 is 41.6 Å². The Morgan fingerprint density at radius 2 is 1.68 bits per heavy atom. The lowest BCUT2D eigenvalue weighted by molar-refractivity contribution is -0.145. The number of nitrogens with zero attached hydrogens (tertiary/aromatic N) is 1. The van der Waals surface area contributed by atoms with Crippen molar-refractivity contribution < 1.29 is 28.7 Å². The highest BCUT2D eigenvalue weighted by Crippen LogP contribution is 2.24. The maximum Gasteiger partial charge on any atom is 0.408 e. The lowest BCUT2D eigenvalue weighted by Crippen LogP contribution is -2.55. The van der Waals surface area contributed by atoms with Gasteiger partial charge in [0, 0.05) is 6.54 Å². The average molecular weight is 478 g/mol. The number of ether oxygens (including phenoxy) is 2. The third-order valence-corrected chi connectivity index (χ3v) is 4.95. The first-order chi connectivity index (χ1) is 15.9. The van der Waals surface area contributed by atoms with Crippen LogP contribution in [0.25, 0.3) is 0 Å². The Labute approximate surface area is 202 Å². The fourth-order valence-electron chi connectivity index (χ4n) is 3.26. The molecule has 0 saturated carbocycles. The minimum atomic E-state index is -0.994. The lowest BCUT2D eigenvalue weighted by Gasteiger charge is -2.35. The van der Waals surface area contributed by atoms with Crippen LogP contribution in [0.3, 0.4) is 0 Å². The van der Waals surface area contributed by atoms with E-state index in [0.717, 1.165) is 6.42 Å². The molecule has 1 aromatic carbocycles. The second kappa shape index (κ2) is 13.6. The van der Waals surface area contributed by atoms with Gasteiger partial charge in [0.15, 0.2) is 0 Å². The Balaban J connectivity index is 3.35. The maximum atomic E-state index is 13.8. The molecule has 2 N–H and O–H groups in total. The number of carbonyl (C=O) groups is 4. The first kappa shape index (κ1) is 28.9. The molecule has 0 spiro atoms. The summed E-state index contributed by atoms with van der Waals surface area (Å²) in [6, 6.07) is 6.96. The van der Waals surface area contributed by atoms with Gasteiger partial charge in [0.1, 0.15) is 24.2 Å². The van der Waals surface area contributed by atoms with Crippen LogP contribution in [0.1, 0.15) is 66.0 Å². The number of esters is 1. The van der Waals surface area contributed by atoms with E-state index in [1.54, 1.807) is 45.0 Å². The molecule has 0 fully saturated rings. The fraction of sp³-hybridized carbons (Fsp3) is 0.600. The number of alkyl carbamates (subject to hydrolysis) is 1. The van der Waals surface area contributed by atoms with Crippen molar-refractivity contribution in [1.82, 2.24) is 15.5 Å². The number of methoxy groups -OCH3 is 1. The van der Waals surface area contributed by atoms with E-state index in [0.29, 0.717) is 18.5 Å². The number of hydrogen-bond acceptors (Lipinski definition) is 6. The van der Waals surface area contributed by atoms with E-state index in [-0.39, 0.29) is 12.5 Å². The molecule has 2 unspecified atom stereocenters. The molecular formula is C25H39N3O6. The van der Waals surface area contributed by atoms with Gasteiger partial charge < -0.3 is 25.0 Å². The third kappa shape index (κ3) is 9.41. The number of rotatable bonds is 11. The van der Waals surface area contributed by atoms with Gasteiger partial charge in [-0.15, -0.1) is 0 Å². The summed E-state index contributed by atoms with van der Waals surface area (Å²) in [5, 5.41) is 5.24. The molecule has 0 aliphatic carbocycles. The van der Waals surface area contributed by atoms with Crippen molar-refractivity contribution in [3.8, 4) is 0 Å². The van der Waals surface area contributed by atoms with Gasteiger partial charge in [-0.1, -0.05) is 57.5 Å². The second-order valence-corrected chi connectivity index (χ2v) is 9.36. The van der Waals surface area contributed by atoms with Gasteiger partial charge in [-0.05, 0) is 38.7 Å². The van der Waals surface area contributed by atoms with Crippen molar-refractivity contribution in [2.75, 3.05) is 20.2 Å². The average Bonchev–Trinajstić information content (AvgIpc) is 2.77. The molecule has 0 saturated heterocycles. The molecule has 190 valence electrons. The van der Waals surface area contributed by atoms with E-state index >= 15 is 0 Å². The van der Waals surface area contributed by atoms with Gasteiger partial charge in [0.05, 0.1) is 7.11 Å². The maximum absolute atomic E-state index is 13.8. The molecule has 3 amide bonds. The van der Waals surface area contributed by atoms with Crippen LogP contribution in [0.5, 0.6) is 0 Å². The molecule has 0 aliphatic heterocycles. The molecular weight excluding hydrogens is 438 g/mol. The summed E-state index contributed by atoms with van der Waals surface area (Å²) in [6.07, 6.45) is 0.735. The third-order valence-electron chi connectivity index (χ3n) is 4.95. The highest BCUT2D eigenvalue weighted by Gasteiger charge is 2.37. The van der Waals surface area contributed by atoms with Crippen molar-refractivity contribution in [3.05, 3.63) is 35.9 Å². The topological polar surface area (TPSA) is 114 Å². The van der Waals surface area contributed by atoms with Crippen molar-refractivity contribution in [2.45, 2.75) is 72.1 Å². The van der Waals surface area contributed by atoms with Crippen LogP contribution >= 0.6 is 0 Å². The largest absolute Gasteiger partial charge is 0.468 e. The van der Waals surface area contributed by atoms with Gasteiger partial charge >= 0.3 is 12.1 Å². The summed E-state index contributed by atoms with van der Waals surface area (Å²) in [7, 11) is 1.23. The quantitative estimate of drug-likeness (QED) is 0.473. The van der Waals surface area contributed by atoms with Crippen molar-refractivity contribution in [2.24, 2.45) is 5.92 Å². The highest BCUT2D eigenvalue weighted by molar-refractivity contribution is 5.93. The van der Waals surface area contributed by atoms with Crippen LogP contribution in [0.2, 0.25) is 0 Å². The van der Waals surface area contributed by atoms with Gasteiger partial charge in [0.25, 0.3) is 0 Å². The van der Waals surface area contributed by atoms with Crippen molar-refractivity contribution >= 4 is 23.9 Å². The summed E-state index contributed by atoms with van der Waals surface area (Å²) < 4.78 is 9.96. The van der Waals surface area contributed by atoms with Crippen LogP contribution in [-0.4, -0.2) is 60.6 Å². The minimum Gasteiger partial charge on any atom is -0.468 e. The molecule has 9 nitrogen and oxygen atoms in total. The van der Waals surface area contributed by atoms with Crippen LogP contribution in [0.4, 0.5) is 4.79 Å². The van der Waals surface area contributed by atoms with Crippen molar-refractivity contribution in [1.29, 1.82) is 0 Å². The normalized spacial score (nSPS) is 12.9. The number of carbonyl (C=O) groups excluding carboxylic acids is 4. The zero-order valence-corrected chi connectivity index (χ0v) is 21.3. The molecule has 1 rings (SSSR count). The first-order valence-corrected chi connectivity index (χ1v) is 11.6. The van der Waals surface area contributed by atoms with E-state index in [9.17, 15) is 19.2 Å². The fourth-order valence-corrected chi connectivity index (χ4v) is 3.26. The zero-order chi connectivity index (χ0) is 25.9. The highest BCUT2D eigenvalue weighted by atomic mass is 16.6. The van der Waals surface area contributed by atoms with E-state index in [4.69, 9.17) is 4.74 Å². The van der Waals surface area contributed by atoms with E-state index in [2.05, 4.69) is 15.4 Å². The molecule has 0 radical (unpaired) electrons. The smallest absolute Gasteiger partial charge is 0.408 e. The Morgan fingerprint density at radius 1 is 1.06 bits per heavy atom. The van der Waals surface area contributed by atoms with Gasteiger partial charge in [-0.25, -0.2) is 4.79 Å². The minimum absolute atomic E-state index is 0.265. The summed E-state index contributed by atoms with van der Waals surface area (Å²) in [5.41, 5.74) is -0.134. The number of unbranched alkanes of at least 4 members (excludes halogenated alkanes) is 1. The lowest BCUT2D eigenvalue weighted by atomic mass is 9.98. The van der Waals surface area contributed by atoms with Gasteiger partial charge in [0.2, 0.25) is 11.8 Å². The predicted molar refractivity (Wildman–Crippen MR) is 129 cm³/mol. The van der Waals surface area contributed by atoms with E-state index in [1.807, 2.05) is 26.8 Å². The van der Waals surface area contributed by atoms with Crippen LogP contribution in [-0.2, 0) is 23.9 Å². The Hall–Kier alpha value is -3.10. The molecule has 0 aromatic heterocycles. The van der Waals surface area contributed by atoms with Gasteiger partial charge in [-0.3, -0.25) is 14.4 Å². The second-order valence-electron chi connectivity index (χ2n) is 9.36. The predicted octanol–water partition coefficient (Wildman–Crippen LogP) is 3.19. The standard InChI is InChI=1S/C25H39N3O6/c1-8-9-15-28(23(31)20(17(2)3)27-24(32)34-25(4,5)6)21(18-13-11-10-12-14-18)22(30)26-16-19(29)33-7/h10-14,17,20-21H,8-9,15-16H2,1-7H3,(H,26,30)(H,27,32). The summed E-state index contributed by atoms with van der Waals surface area (Å²) in [5.74, 6) is -1.78. The number of amides is 3. The Kier molecular flexibility index (Phi) is 11.5. The number of hydrogen-bond donors (Lipinski definition) is 2. The molecule has 0 heterocycles. The molecule has 0 aliphatic rings. The monoisotopic (exact) mass is 477 g/mol. The van der Waals surface area contributed by atoms with Crippen LogP contribution < -0.4 is 10.6 Å². The molecule has 2 atom stereocenters. The summed E-state index contributed by atoms with van der Waals surface area (Å²) in [4.78, 5) is 52.6. The Bertz CT molecular complexity index is 820. The number of nitrogens with one attached hydrogen (secondary N) is 2. The van der Waals surface area contributed by atoms with E-state index in [1.165, 1.54) is 12.0 Å². The molecule has 34 heavy (non-hydrogen) atoms. The van der Waals surface area contributed by atoms with Crippen molar-refractivity contribution in [3.63, 3.8) is 0 Å². The molecule has 1 aromatic rings. The molecule has 0 bridgehead atoms. The number of benzene rings is 1. The Morgan fingerprint density at radius 3 is 2.18 bits per heavy atom.